The zero-order valence-corrected chi connectivity index (χ0v) is 12.9. The zero-order valence-electron chi connectivity index (χ0n) is 12.9. The highest BCUT2D eigenvalue weighted by Gasteiger charge is 2.14. The summed E-state index contributed by atoms with van der Waals surface area (Å²) in [5.41, 5.74) is 1.03. The van der Waals surface area contributed by atoms with Crippen molar-refractivity contribution in [1.82, 2.24) is 20.5 Å². The van der Waals surface area contributed by atoms with Crippen molar-refractivity contribution in [3.63, 3.8) is 0 Å². The molecule has 0 saturated carbocycles. The predicted octanol–water partition coefficient (Wildman–Crippen LogP) is 0.0591. The van der Waals surface area contributed by atoms with Crippen LogP contribution >= 0.6 is 0 Å². The lowest BCUT2D eigenvalue weighted by molar-refractivity contribution is -0.121. The molecule has 1 aromatic heterocycles. The van der Waals surface area contributed by atoms with E-state index in [-0.39, 0.29) is 5.91 Å². The summed E-state index contributed by atoms with van der Waals surface area (Å²) >= 11 is 0. The lowest BCUT2D eigenvalue weighted by Crippen LogP contribution is -2.44. The van der Waals surface area contributed by atoms with E-state index in [0.717, 1.165) is 37.6 Å². The van der Waals surface area contributed by atoms with Crippen LogP contribution in [0.3, 0.4) is 0 Å². The fourth-order valence-electron chi connectivity index (χ4n) is 2.27. The van der Waals surface area contributed by atoms with Crippen molar-refractivity contribution in [2.75, 3.05) is 51.7 Å². The maximum atomic E-state index is 11.5. The Bertz CT molecular complexity index is 440. The van der Waals surface area contributed by atoms with Crippen LogP contribution in [0.2, 0.25) is 0 Å². The Labute approximate surface area is 126 Å². The van der Waals surface area contributed by atoms with E-state index in [1.165, 1.54) is 0 Å². The number of nitrogens with one attached hydrogen (secondary N) is 2. The van der Waals surface area contributed by atoms with Gasteiger partial charge >= 0.3 is 0 Å². The van der Waals surface area contributed by atoms with E-state index in [1.54, 1.807) is 0 Å². The number of anilines is 1. The number of hydrogen-bond donors (Lipinski definition) is 2. The van der Waals surface area contributed by atoms with Crippen LogP contribution in [0.5, 0.6) is 0 Å². The SMILES string of the molecule is CNCCC(=O)NCc1ccc(N2CCN(C)CC2)nc1. The number of nitrogens with zero attached hydrogens (tertiary/aromatic N) is 3. The van der Waals surface area contributed by atoms with Gasteiger partial charge in [-0.2, -0.15) is 0 Å². The molecule has 21 heavy (non-hydrogen) atoms. The van der Waals surface area contributed by atoms with Crippen LogP contribution in [0.25, 0.3) is 0 Å². The molecule has 1 aliphatic rings. The highest BCUT2D eigenvalue weighted by atomic mass is 16.1. The van der Waals surface area contributed by atoms with Gasteiger partial charge in [0.25, 0.3) is 0 Å². The van der Waals surface area contributed by atoms with Crippen molar-refractivity contribution < 1.29 is 4.79 Å². The molecule has 0 aliphatic carbocycles. The molecule has 1 fully saturated rings. The summed E-state index contributed by atoms with van der Waals surface area (Å²) in [4.78, 5) is 20.7. The second-order valence-corrected chi connectivity index (χ2v) is 5.45. The number of carbonyl (C=O) groups excluding carboxylic acids is 1. The molecule has 1 amide bonds. The molecule has 2 heterocycles. The fraction of sp³-hybridized carbons (Fsp3) is 0.600. The standard InChI is InChI=1S/C15H25N5O/c1-16-6-5-15(21)18-12-13-3-4-14(17-11-13)20-9-7-19(2)8-10-20/h3-4,11,16H,5-10,12H2,1-2H3,(H,18,21). The fourth-order valence-corrected chi connectivity index (χ4v) is 2.27. The Morgan fingerprint density at radius 2 is 2.05 bits per heavy atom. The Kier molecular flexibility index (Phi) is 5.95. The van der Waals surface area contributed by atoms with Gasteiger partial charge in [-0.3, -0.25) is 4.79 Å². The van der Waals surface area contributed by atoms with Gasteiger partial charge in [-0.25, -0.2) is 4.98 Å². The first-order valence-corrected chi connectivity index (χ1v) is 7.49. The van der Waals surface area contributed by atoms with Gasteiger partial charge in [0.05, 0.1) is 0 Å². The molecular weight excluding hydrogens is 266 g/mol. The van der Waals surface area contributed by atoms with E-state index in [1.807, 2.05) is 25.4 Å². The molecule has 116 valence electrons. The minimum absolute atomic E-state index is 0.0625. The molecule has 2 rings (SSSR count). The second kappa shape index (κ2) is 7.95. The highest BCUT2D eigenvalue weighted by Crippen LogP contribution is 2.13. The summed E-state index contributed by atoms with van der Waals surface area (Å²) in [6.45, 7) is 5.42. The van der Waals surface area contributed by atoms with Crippen molar-refractivity contribution in [2.45, 2.75) is 13.0 Å². The normalized spacial score (nSPS) is 16.0. The Balaban J connectivity index is 1.80. The second-order valence-electron chi connectivity index (χ2n) is 5.45. The van der Waals surface area contributed by atoms with Crippen molar-refractivity contribution in [3.8, 4) is 0 Å². The Morgan fingerprint density at radius 3 is 2.67 bits per heavy atom. The number of rotatable bonds is 6. The summed E-state index contributed by atoms with van der Waals surface area (Å²) in [7, 11) is 3.99. The Hall–Kier alpha value is -1.66. The van der Waals surface area contributed by atoms with Crippen LogP contribution in [-0.2, 0) is 11.3 Å². The van der Waals surface area contributed by atoms with E-state index in [0.29, 0.717) is 19.5 Å². The van der Waals surface area contributed by atoms with Gasteiger partial charge in [0, 0.05) is 51.9 Å². The van der Waals surface area contributed by atoms with Crippen molar-refractivity contribution in [2.24, 2.45) is 0 Å². The van der Waals surface area contributed by atoms with Crippen LogP contribution < -0.4 is 15.5 Å². The molecule has 1 aliphatic heterocycles. The molecule has 1 saturated heterocycles. The van der Waals surface area contributed by atoms with Gasteiger partial charge in [-0.1, -0.05) is 6.07 Å². The van der Waals surface area contributed by atoms with Crippen LogP contribution in [0.4, 0.5) is 5.82 Å². The van der Waals surface area contributed by atoms with Gasteiger partial charge in [0.1, 0.15) is 5.82 Å². The van der Waals surface area contributed by atoms with Gasteiger partial charge in [0.2, 0.25) is 5.91 Å². The first-order valence-electron chi connectivity index (χ1n) is 7.49. The van der Waals surface area contributed by atoms with Gasteiger partial charge < -0.3 is 20.4 Å². The number of amides is 1. The van der Waals surface area contributed by atoms with Crippen LogP contribution in [-0.4, -0.2) is 62.6 Å². The first kappa shape index (κ1) is 15.7. The van der Waals surface area contributed by atoms with E-state index in [2.05, 4.69) is 32.5 Å². The molecule has 0 bridgehead atoms. The number of hydrogen-bond acceptors (Lipinski definition) is 5. The minimum atomic E-state index is 0.0625. The molecule has 0 atom stereocenters. The van der Waals surface area contributed by atoms with E-state index >= 15 is 0 Å². The first-order chi connectivity index (χ1) is 10.2. The maximum Gasteiger partial charge on any atom is 0.221 e. The van der Waals surface area contributed by atoms with Crippen molar-refractivity contribution in [3.05, 3.63) is 23.9 Å². The average molecular weight is 291 g/mol. The number of pyridine rings is 1. The topological polar surface area (TPSA) is 60.5 Å². The third-order valence-electron chi connectivity index (χ3n) is 3.73. The van der Waals surface area contributed by atoms with Gasteiger partial charge in [-0.05, 0) is 25.7 Å². The largest absolute Gasteiger partial charge is 0.354 e. The summed E-state index contributed by atoms with van der Waals surface area (Å²) in [5, 5.41) is 5.86. The zero-order chi connectivity index (χ0) is 15.1. The number of piperazine rings is 1. The number of aromatic nitrogens is 1. The van der Waals surface area contributed by atoms with Crippen LogP contribution in [0, 0.1) is 0 Å². The third kappa shape index (κ3) is 4.99. The van der Waals surface area contributed by atoms with Crippen molar-refractivity contribution >= 4 is 11.7 Å². The monoisotopic (exact) mass is 291 g/mol. The Morgan fingerprint density at radius 1 is 1.29 bits per heavy atom. The maximum absolute atomic E-state index is 11.5. The highest BCUT2D eigenvalue weighted by molar-refractivity contribution is 5.76. The molecule has 1 aromatic rings. The molecule has 0 aromatic carbocycles. The lowest BCUT2D eigenvalue weighted by Gasteiger charge is -2.33. The summed E-state index contributed by atoms with van der Waals surface area (Å²) < 4.78 is 0. The lowest BCUT2D eigenvalue weighted by atomic mass is 10.2. The molecule has 0 unspecified atom stereocenters. The average Bonchev–Trinajstić information content (AvgIpc) is 2.52. The number of likely N-dealkylation sites (N-methyl/N-ethyl adjacent to an activating group) is 1. The molecule has 0 radical (unpaired) electrons. The molecular formula is C15H25N5O. The summed E-state index contributed by atoms with van der Waals surface area (Å²) in [5.74, 6) is 1.08. The van der Waals surface area contributed by atoms with Crippen LogP contribution in [0.15, 0.2) is 18.3 Å². The molecule has 6 nitrogen and oxygen atoms in total. The summed E-state index contributed by atoms with van der Waals surface area (Å²) in [6, 6.07) is 4.08. The predicted molar refractivity (Wildman–Crippen MR) is 84.3 cm³/mol. The van der Waals surface area contributed by atoms with E-state index < -0.39 is 0 Å². The summed E-state index contributed by atoms with van der Waals surface area (Å²) in [6.07, 6.45) is 2.36. The minimum Gasteiger partial charge on any atom is -0.354 e. The smallest absolute Gasteiger partial charge is 0.221 e. The van der Waals surface area contributed by atoms with Crippen molar-refractivity contribution in [1.29, 1.82) is 0 Å². The number of carbonyl (C=O) groups is 1. The quantitative estimate of drug-likeness (QED) is 0.776. The van der Waals surface area contributed by atoms with E-state index in [4.69, 9.17) is 0 Å². The van der Waals surface area contributed by atoms with Gasteiger partial charge in [0.15, 0.2) is 0 Å². The third-order valence-corrected chi connectivity index (χ3v) is 3.73. The molecule has 0 spiro atoms. The molecule has 6 heteroatoms. The van der Waals surface area contributed by atoms with E-state index in [9.17, 15) is 4.79 Å². The van der Waals surface area contributed by atoms with Crippen LogP contribution in [0.1, 0.15) is 12.0 Å². The molecule has 2 N–H and O–H groups in total. The van der Waals surface area contributed by atoms with Gasteiger partial charge in [-0.15, -0.1) is 0 Å².